The summed E-state index contributed by atoms with van der Waals surface area (Å²) in [5.41, 5.74) is 2.04. The van der Waals surface area contributed by atoms with Crippen molar-refractivity contribution in [3.8, 4) is 5.75 Å². The van der Waals surface area contributed by atoms with Crippen LogP contribution in [0.4, 0.5) is 0 Å². The normalized spacial score (nSPS) is 12.0. The third-order valence-corrected chi connectivity index (χ3v) is 2.64. The van der Waals surface area contributed by atoms with Crippen molar-refractivity contribution in [2.45, 2.75) is 33.3 Å². The zero-order valence-corrected chi connectivity index (χ0v) is 11.2. The molecule has 0 saturated heterocycles. The minimum atomic E-state index is -0.398. The van der Waals surface area contributed by atoms with Crippen LogP contribution in [0.2, 0.25) is 0 Å². The minimum Gasteiger partial charge on any atom is -0.483 e. The maximum absolute atomic E-state index is 11.5. The molecule has 0 bridgehead atoms. The molecule has 0 aliphatic rings. The Morgan fingerprint density at radius 3 is 2.56 bits per heavy atom. The molecule has 0 heterocycles. The van der Waals surface area contributed by atoms with Gasteiger partial charge in [0.2, 0.25) is 0 Å². The number of nitrogens with one attached hydrogen (secondary N) is 1. The van der Waals surface area contributed by atoms with E-state index in [0.717, 1.165) is 16.9 Å². The number of ether oxygens (including phenoxy) is 1. The highest BCUT2D eigenvalue weighted by Crippen LogP contribution is 2.21. The Bertz CT molecular complexity index is 382. The van der Waals surface area contributed by atoms with E-state index in [2.05, 4.69) is 5.32 Å². The molecule has 0 fully saturated rings. The molecule has 1 aromatic rings. The van der Waals surface area contributed by atoms with Gasteiger partial charge in [0.05, 0.1) is 6.10 Å². The van der Waals surface area contributed by atoms with Crippen LogP contribution in [-0.4, -0.2) is 30.3 Å². The standard InChI is InChI=1S/C14H21NO3/c1-10-5-4-6-11(2)14(10)18-9-13(17)15-8-7-12(3)16/h4-6,12,16H,7-9H2,1-3H3,(H,15,17). The average molecular weight is 251 g/mol. The molecule has 0 aliphatic carbocycles. The van der Waals surface area contributed by atoms with E-state index in [1.54, 1.807) is 6.92 Å². The second-order valence-corrected chi connectivity index (χ2v) is 4.50. The summed E-state index contributed by atoms with van der Waals surface area (Å²) in [5, 5.41) is 11.8. The van der Waals surface area contributed by atoms with E-state index < -0.39 is 6.10 Å². The molecule has 18 heavy (non-hydrogen) atoms. The van der Waals surface area contributed by atoms with E-state index in [9.17, 15) is 4.79 Å². The number of aryl methyl sites for hydroxylation is 2. The van der Waals surface area contributed by atoms with Gasteiger partial charge in [-0.2, -0.15) is 0 Å². The second kappa shape index (κ2) is 7.01. The van der Waals surface area contributed by atoms with Crippen LogP contribution in [0.1, 0.15) is 24.5 Å². The summed E-state index contributed by atoms with van der Waals surface area (Å²) in [7, 11) is 0. The first-order valence-corrected chi connectivity index (χ1v) is 6.14. The van der Waals surface area contributed by atoms with Crippen molar-refractivity contribution in [1.82, 2.24) is 5.32 Å². The van der Waals surface area contributed by atoms with Crippen LogP contribution in [0.5, 0.6) is 5.75 Å². The first-order chi connectivity index (χ1) is 8.50. The number of hydrogen-bond donors (Lipinski definition) is 2. The summed E-state index contributed by atoms with van der Waals surface area (Å²) in [6, 6.07) is 5.86. The molecule has 1 aromatic carbocycles. The zero-order valence-electron chi connectivity index (χ0n) is 11.2. The van der Waals surface area contributed by atoms with Gasteiger partial charge in [-0.3, -0.25) is 4.79 Å². The van der Waals surface area contributed by atoms with Gasteiger partial charge in [-0.05, 0) is 38.3 Å². The molecule has 0 aromatic heterocycles. The van der Waals surface area contributed by atoms with Crippen LogP contribution in [0.25, 0.3) is 0 Å². The van der Waals surface area contributed by atoms with Crippen molar-refractivity contribution < 1.29 is 14.6 Å². The number of benzene rings is 1. The zero-order chi connectivity index (χ0) is 13.5. The number of carbonyl (C=O) groups is 1. The Hall–Kier alpha value is -1.55. The van der Waals surface area contributed by atoms with Crippen molar-refractivity contribution in [2.24, 2.45) is 0 Å². The molecule has 1 amide bonds. The topological polar surface area (TPSA) is 58.6 Å². The second-order valence-electron chi connectivity index (χ2n) is 4.50. The van der Waals surface area contributed by atoms with Gasteiger partial charge >= 0.3 is 0 Å². The third kappa shape index (κ3) is 4.75. The van der Waals surface area contributed by atoms with E-state index in [0.29, 0.717) is 13.0 Å². The van der Waals surface area contributed by atoms with Gasteiger partial charge in [0.25, 0.3) is 5.91 Å². The van der Waals surface area contributed by atoms with Crippen molar-refractivity contribution >= 4 is 5.91 Å². The molecule has 0 spiro atoms. The van der Waals surface area contributed by atoms with Crippen molar-refractivity contribution in [2.75, 3.05) is 13.2 Å². The summed E-state index contributed by atoms with van der Waals surface area (Å²) >= 11 is 0. The van der Waals surface area contributed by atoms with Gasteiger partial charge in [0, 0.05) is 6.54 Å². The highest BCUT2D eigenvalue weighted by molar-refractivity contribution is 5.77. The van der Waals surface area contributed by atoms with Gasteiger partial charge in [0.15, 0.2) is 6.61 Å². The maximum Gasteiger partial charge on any atom is 0.257 e. The highest BCUT2D eigenvalue weighted by Gasteiger charge is 2.07. The molecule has 2 N–H and O–H groups in total. The number of para-hydroxylation sites is 1. The first-order valence-electron chi connectivity index (χ1n) is 6.14. The molecule has 100 valence electrons. The molecule has 4 nitrogen and oxygen atoms in total. The quantitative estimate of drug-likeness (QED) is 0.807. The van der Waals surface area contributed by atoms with Crippen LogP contribution in [0, 0.1) is 13.8 Å². The molecule has 0 saturated carbocycles. The van der Waals surface area contributed by atoms with Crippen LogP contribution in [-0.2, 0) is 4.79 Å². The Kier molecular flexibility index (Phi) is 5.65. The summed E-state index contributed by atoms with van der Waals surface area (Å²) < 4.78 is 5.51. The van der Waals surface area contributed by atoms with Gasteiger partial charge in [0.1, 0.15) is 5.75 Å². The maximum atomic E-state index is 11.5. The number of aliphatic hydroxyl groups is 1. The Morgan fingerprint density at radius 1 is 1.39 bits per heavy atom. The van der Waals surface area contributed by atoms with Crippen molar-refractivity contribution in [1.29, 1.82) is 0 Å². The molecular formula is C14H21NO3. The summed E-state index contributed by atoms with van der Waals surface area (Å²) in [4.78, 5) is 11.5. The fraction of sp³-hybridized carbons (Fsp3) is 0.500. The van der Waals surface area contributed by atoms with Gasteiger partial charge < -0.3 is 15.2 Å². The summed E-state index contributed by atoms with van der Waals surface area (Å²) in [6.07, 6.45) is 0.152. The van der Waals surface area contributed by atoms with Gasteiger partial charge in [-0.25, -0.2) is 0 Å². The summed E-state index contributed by atoms with van der Waals surface area (Å²) in [6.45, 7) is 6.07. The highest BCUT2D eigenvalue weighted by atomic mass is 16.5. The Morgan fingerprint density at radius 2 is 2.00 bits per heavy atom. The fourth-order valence-electron chi connectivity index (χ4n) is 1.64. The predicted octanol–water partition coefficient (Wildman–Crippen LogP) is 1.57. The molecule has 1 unspecified atom stereocenters. The largest absolute Gasteiger partial charge is 0.483 e. The fourth-order valence-corrected chi connectivity index (χ4v) is 1.64. The Balaban J connectivity index is 2.38. The molecular weight excluding hydrogens is 230 g/mol. The van der Waals surface area contributed by atoms with E-state index in [1.807, 2.05) is 32.0 Å². The summed E-state index contributed by atoms with van der Waals surface area (Å²) in [5.74, 6) is 0.599. The van der Waals surface area contributed by atoms with Gasteiger partial charge in [-0.1, -0.05) is 18.2 Å². The molecule has 1 atom stereocenters. The number of carbonyl (C=O) groups excluding carboxylic acids is 1. The van der Waals surface area contributed by atoms with E-state index >= 15 is 0 Å². The van der Waals surface area contributed by atoms with Crippen LogP contribution in [0.15, 0.2) is 18.2 Å². The number of hydrogen-bond acceptors (Lipinski definition) is 3. The van der Waals surface area contributed by atoms with Crippen molar-refractivity contribution in [3.05, 3.63) is 29.3 Å². The molecule has 0 aliphatic heterocycles. The monoisotopic (exact) mass is 251 g/mol. The molecule has 4 heteroatoms. The lowest BCUT2D eigenvalue weighted by Crippen LogP contribution is -2.31. The van der Waals surface area contributed by atoms with E-state index in [4.69, 9.17) is 9.84 Å². The lowest BCUT2D eigenvalue weighted by molar-refractivity contribution is -0.123. The third-order valence-electron chi connectivity index (χ3n) is 2.64. The first kappa shape index (κ1) is 14.5. The van der Waals surface area contributed by atoms with E-state index in [1.165, 1.54) is 0 Å². The lowest BCUT2D eigenvalue weighted by Gasteiger charge is -2.12. The average Bonchev–Trinajstić information content (AvgIpc) is 2.27. The van der Waals surface area contributed by atoms with Crippen molar-refractivity contribution in [3.63, 3.8) is 0 Å². The van der Waals surface area contributed by atoms with Crippen LogP contribution < -0.4 is 10.1 Å². The predicted molar refractivity (Wildman–Crippen MR) is 70.7 cm³/mol. The van der Waals surface area contributed by atoms with Crippen LogP contribution in [0.3, 0.4) is 0 Å². The SMILES string of the molecule is Cc1cccc(C)c1OCC(=O)NCCC(C)O. The Labute approximate surface area is 108 Å². The minimum absolute atomic E-state index is 0.00546. The van der Waals surface area contributed by atoms with E-state index in [-0.39, 0.29) is 12.5 Å². The number of aliphatic hydroxyl groups excluding tert-OH is 1. The smallest absolute Gasteiger partial charge is 0.257 e. The number of rotatable bonds is 6. The number of amides is 1. The molecule has 0 radical (unpaired) electrons. The molecule has 1 rings (SSSR count). The van der Waals surface area contributed by atoms with Gasteiger partial charge in [-0.15, -0.1) is 0 Å². The lowest BCUT2D eigenvalue weighted by atomic mass is 10.1. The van der Waals surface area contributed by atoms with Crippen LogP contribution >= 0.6 is 0 Å².